The molecule has 1 unspecified atom stereocenters. The van der Waals surface area contributed by atoms with Crippen LogP contribution in [0.15, 0.2) is 36.5 Å². The number of carboxylic acids is 1. The zero-order valence-electron chi connectivity index (χ0n) is 22.1. The lowest BCUT2D eigenvalue weighted by Gasteiger charge is -2.14. The molecule has 34 heavy (non-hydrogen) atoms. The van der Waals surface area contributed by atoms with Gasteiger partial charge < -0.3 is 9.84 Å². The minimum absolute atomic E-state index is 0.0721. The first kappa shape index (κ1) is 32.2. The fraction of sp³-hybridized carbons (Fsp3) is 0.733. The Hall–Kier alpha value is -1.84. The number of esters is 1. The van der Waals surface area contributed by atoms with Crippen molar-refractivity contribution in [3.63, 3.8) is 0 Å². The fourth-order valence-corrected chi connectivity index (χ4v) is 3.82. The molecule has 1 atom stereocenters. The molecule has 0 bridgehead atoms. The molecular formula is C30H52O4. The molecular weight excluding hydrogens is 424 g/mol. The summed E-state index contributed by atoms with van der Waals surface area (Å²) >= 11 is 0. The Morgan fingerprint density at radius 3 is 1.82 bits per heavy atom. The first-order chi connectivity index (χ1) is 16.6. The van der Waals surface area contributed by atoms with Gasteiger partial charge >= 0.3 is 11.9 Å². The van der Waals surface area contributed by atoms with Gasteiger partial charge in [0.05, 0.1) is 0 Å². The van der Waals surface area contributed by atoms with Gasteiger partial charge in [0.15, 0.2) is 0 Å². The number of carboxylic acid groups (broad SMARTS) is 1. The number of hydrogen-bond acceptors (Lipinski definition) is 3. The van der Waals surface area contributed by atoms with E-state index in [1.807, 2.05) is 0 Å². The van der Waals surface area contributed by atoms with Crippen molar-refractivity contribution in [2.75, 3.05) is 0 Å². The van der Waals surface area contributed by atoms with Gasteiger partial charge in [0.1, 0.15) is 6.10 Å². The zero-order chi connectivity index (χ0) is 25.1. The molecule has 0 aromatic rings. The van der Waals surface area contributed by atoms with Crippen LogP contribution in [0.4, 0.5) is 0 Å². The fourth-order valence-electron chi connectivity index (χ4n) is 3.82. The van der Waals surface area contributed by atoms with Crippen molar-refractivity contribution in [3.8, 4) is 0 Å². The summed E-state index contributed by atoms with van der Waals surface area (Å²) in [6.07, 6.45) is 31.7. The van der Waals surface area contributed by atoms with Crippen LogP contribution in [0, 0.1) is 0 Å². The Bertz CT molecular complexity index is 562. The maximum Gasteiger partial charge on any atom is 0.306 e. The Balaban J connectivity index is 4.27. The summed E-state index contributed by atoms with van der Waals surface area (Å²) in [5.74, 6) is -0.780. The number of allylic oxidation sites excluding steroid dienone is 5. The molecule has 4 heteroatoms. The van der Waals surface area contributed by atoms with Crippen LogP contribution in [0.2, 0.25) is 0 Å². The summed E-state index contributed by atoms with van der Waals surface area (Å²) in [4.78, 5) is 22.9. The highest BCUT2D eigenvalue weighted by atomic mass is 16.5. The van der Waals surface area contributed by atoms with Gasteiger partial charge in [-0.2, -0.15) is 0 Å². The van der Waals surface area contributed by atoms with Crippen LogP contribution in [0.3, 0.4) is 0 Å². The summed E-state index contributed by atoms with van der Waals surface area (Å²) in [7, 11) is 0. The van der Waals surface area contributed by atoms with Crippen LogP contribution in [0.25, 0.3) is 0 Å². The summed E-state index contributed by atoms with van der Waals surface area (Å²) in [6.45, 7) is 4.36. The van der Waals surface area contributed by atoms with Gasteiger partial charge in [-0.05, 0) is 51.0 Å². The summed E-state index contributed by atoms with van der Waals surface area (Å²) in [5.41, 5.74) is 0. The lowest BCUT2D eigenvalue weighted by molar-refractivity contribution is -0.147. The van der Waals surface area contributed by atoms with Crippen LogP contribution in [0.1, 0.15) is 136 Å². The molecule has 0 spiro atoms. The van der Waals surface area contributed by atoms with Gasteiger partial charge in [-0.25, -0.2) is 0 Å². The standard InChI is InChI=1S/C30H52O4/c1-3-5-7-9-11-13-16-20-24-28(25-21-17-14-15-18-22-26-29(31)32)34-30(33)27-23-19-12-10-8-6-4-2/h5,7,11,13,20,24,28H,3-4,6,8-10,12,14-19,21-23,25-27H2,1-2H3,(H,31,32)/b7-5-,13-11-,24-20-. The van der Waals surface area contributed by atoms with Gasteiger partial charge in [0, 0.05) is 12.8 Å². The van der Waals surface area contributed by atoms with Gasteiger partial charge in [-0.3, -0.25) is 9.59 Å². The van der Waals surface area contributed by atoms with Gasteiger partial charge in [0.2, 0.25) is 0 Å². The normalized spacial score (nSPS) is 12.8. The summed E-state index contributed by atoms with van der Waals surface area (Å²) < 4.78 is 5.80. The van der Waals surface area contributed by atoms with Crippen molar-refractivity contribution in [3.05, 3.63) is 36.5 Å². The van der Waals surface area contributed by atoms with E-state index in [1.54, 1.807) is 0 Å². The van der Waals surface area contributed by atoms with Crippen molar-refractivity contribution in [2.24, 2.45) is 0 Å². The Morgan fingerprint density at radius 2 is 1.21 bits per heavy atom. The van der Waals surface area contributed by atoms with Crippen molar-refractivity contribution >= 4 is 11.9 Å². The third-order valence-electron chi connectivity index (χ3n) is 5.86. The lowest BCUT2D eigenvalue weighted by Crippen LogP contribution is -2.16. The second-order valence-corrected chi connectivity index (χ2v) is 9.20. The number of ether oxygens (including phenoxy) is 1. The van der Waals surface area contributed by atoms with Crippen molar-refractivity contribution in [1.29, 1.82) is 0 Å². The molecule has 0 radical (unpaired) electrons. The number of carbonyl (C=O) groups is 2. The van der Waals surface area contributed by atoms with E-state index in [0.29, 0.717) is 6.42 Å². The molecule has 0 aromatic carbocycles. The molecule has 4 nitrogen and oxygen atoms in total. The molecule has 0 aliphatic rings. The van der Waals surface area contributed by atoms with Gasteiger partial charge in [-0.1, -0.05) is 108 Å². The topological polar surface area (TPSA) is 63.6 Å². The average molecular weight is 477 g/mol. The highest BCUT2D eigenvalue weighted by Crippen LogP contribution is 2.15. The van der Waals surface area contributed by atoms with E-state index < -0.39 is 5.97 Å². The SMILES string of the molecule is CC/C=C\C/C=C\C/C=C\C(CCCCCCCCC(=O)O)OC(=O)CCCCCCCCC. The van der Waals surface area contributed by atoms with Gasteiger partial charge in [0.25, 0.3) is 0 Å². The first-order valence-corrected chi connectivity index (χ1v) is 14.0. The van der Waals surface area contributed by atoms with Crippen LogP contribution in [-0.4, -0.2) is 23.1 Å². The monoisotopic (exact) mass is 476 g/mol. The second-order valence-electron chi connectivity index (χ2n) is 9.20. The Kier molecular flexibility index (Phi) is 24.4. The zero-order valence-corrected chi connectivity index (χ0v) is 22.1. The third kappa shape index (κ3) is 24.8. The molecule has 0 amide bonds. The maximum atomic E-state index is 12.4. The molecule has 0 aromatic heterocycles. The summed E-state index contributed by atoms with van der Waals surface area (Å²) in [5, 5.41) is 8.70. The minimum Gasteiger partial charge on any atom is -0.481 e. The van der Waals surface area contributed by atoms with E-state index in [2.05, 4.69) is 50.3 Å². The molecule has 0 saturated heterocycles. The molecule has 1 N–H and O–H groups in total. The van der Waals surface area contributed by atoms with Crippen molar-refractivity contribution in [2.45, 2.75) is 142 Å². The third-order valence-corrected chi connectivity index (χ3v) is 5.86. The highest BCUT2D eigenvalue weighted by Gasteiger charge is 2.11. The maximum absolute atomic E-state index is 12.4. The number of aliphatic carboxylic acids is 1. The molecule has 0 saturated carbocycles. The number of rotatable bonds is 24. The lowest BCUT2D eigenvalue weighted by atomic mass is 10.1. The van der Waals surface area contributed by atoms with Crippen molar-refractivity contribution < 1.29 is 19.4 Å². The second kappa shape index (κ2) is 25.8. The average Bonchev–Trinajstić information content (AvgIpc) is 2.81. The molecule has 0 aliphatic carbocycles. The molecule has 0 rings (SSSR count). The predicted molar refractivity (Wildman–Crippen MR) is 144 cm³/mol. The Morgan fingerprint density at radius 1 is 0.676 bits per heavy atom. The predicted octanol–water partition coefficient (Wildman–Crippen LogP) is 9.10. The smallest absolute Gasteiger partial charge is 0.306 e. The van der Waals surface area contributed by atoms with E-state index in [1.165, 1.54) is 32.1 Å². The van der Waals surface area contributed by atoms with E-state index >= 15 is 0 Å². The molecule has 0 heterocycles. The number of carbonyl (C=O) groups excluding carboxylic acids is 1. The molecule has 0 aliphatic heterocycles. The molecule has 196 valence electrons. The van der Waals surface area contributed by atoms with E-state index in [9.17, 15) is 9.59 Å². The van der Waals surface area contributed by atoms with Crippen LogP contribution in [0.5, 0.6) is 0 Å². The first-order valence-electron chi connectivity index (χ1n) is 14.0. The van der Waals surface area contributed by atoms with Crippen LogP contribution in [-0.2, 0) is 14.3 Å². The van der Waals surface area contributed by atoms with Crippen molar-refractivity contribution in [1.82, 2.24) is 0 Å². The van der Waals surface area contributed by atoms with Gasteiger partial charge in [-0.15, -0.1) is 0 Å². The highest BCUT2D eigenvalue weighted by molar-refractivity contribution is 5.69. The number of unbranched alkanes of at least 4 members (excludes halogenated alkanes) is 11. The van der Waals surface area contributed by atoms with E-state index in [-0.39, 0.29) is 18.5 Å². The summed E-state index contributed by atoms with van der Waals surface area (Å²) in [6, 6.07) is 0. The van der Waals surface area contributed by atoms with Crippen LogP contribution >= 0.6 is 0 Å². The Labute approximate surface area is 209 Å². The molecule has 0 fully saturated rings. The minimum atomic E-state index is -0.708. The quantitative estimate of drug-likeness (QED) is 0.0857. The van der Waals surface area contributed by atoms with E-state index in [4.69, 9.17) is 9.84 Å². The largest absolute Gasteiger partial charge is 0.481 e. The van der Waals surface area contributed by atoms with E-state index in [0.717, 1.165) is 77.0 Å². The number of hydrogen-bond donors (Lipinski definition) is 1. The van der Waals surface area contributed by atoms with Crippen LogP contribution < -0.4 is 0 Å².